The third-order valence-electron chi connectivity index (χ3n) is 4.69. The number of carbonyl (C=O) groups is 1. The minimum absolute atomic E-state index is 0.0996. The van der Waals surface area contributed by atoms with Gasteiger partial charge in [-0.2, -0.15) is 4.31 Å². The maximum Gasteiger partial charge on any atom is 0.243 e. The molecule has 1 fully saturated rings. The molecule has 27 heavy (non-hydrogen) atoms. The van der Waals surface area contributed by atoms with Crippen molar-refractivity contribution in [1.29, 1.82) is 0 Å². The standard InChI is InChI=1S/C19H32N4O3S/c1-4-5-11-20-19(24)15-21-17-14-16(9-10-18(17)22(2)3)27(25,26)23-12-7-6-8-13-23/h9-10,14,21H,4-8,11-13,15H2,1-3H3,(H,20,24). The minimum atomic E-state index is -3.51. The lowest BCUT2D eigenvalue weighted by molar-refractivity contribution is -0.119. The Labute approximate surface area is 163 Å². The number of anilines is 2. The Morgan fingerprint density at radius 2 is 1.89 bits per heavy atom. The van der Waals surface area contributed by atoms with Gasteiger partial charge < -0.3 is 15.5 Å². The molecule has 1 heterocycles. The number of carbonyl (C=O) groups excluding carboxylic acids is 1. The average molecular weight is 397 g/mol. The molecule has 1 aliphatic rings. The Morgan fingerprint density at radius 3 is 2.52 bits per heavy atom. The fourth-order valence-electron chi connectivity index (χ4n) is 3.10. The first-order valence-corrected chi connectivity index (χ1v) is 11.1. The molecule has 152 valence electrons. The number of nitrogens with one attached hydrogen (secondary N) is 2. The monoisotopic (exact) mass is 396 g/mol. The Kier molecular flexibility index (Phi) is 7.91. The van der Waals surface area contributed by atoms with E-state index in [4.69, 9.17) is 0 Å². The lowest BCUT2D eigenvalue weighted by atomic mass is 10.2. The van der Waals surface area contributed by atoms with E-state index < -0.39 is 10.0 Å². The van der Waals surface area contributed by atoms with Gasteiger partial charge in [0.1, 0.15) is 0 Å². The van der Waals surface area contributed by atoms with Crippen LogP contribution in [0.2, 0.25) is 0 Å². The summed E-state index contributed by atoms with van der Waals surface area (Å²) >= 11 is 0. The van der Waals surface area contributed by atoms with Gasteiger partial charge in [0.2, 0.25) is 15.9 Å². The fourth-order valence-corrected chi connectivity index (χ4v) is 4.65. The lowest BCUT2D eigenvalue weighted by Gasteiger charge is -2.27. The first-order valence-electron chi connectivity index (χ1n) is 9.68. The number of nitrogens with zero attached hydrogens (tertiary/aromatic N) is 2. The van der Waals surface area contributed by atoms with Gasteiger partial charge in [-0.15, -0.1) is 0 Å². The Balaban J connectivity index is 2.17. The minimum Gasteiger partial charge on any atom is -0.376 e. The van der Waals surface area contributed by atoms with Crippen molar-refractivity contribution in [2.24, 2.45) is 0 Å². The van der Waals surface area contributed by atoms with Crippen LogP contribution >= 0.6 is 0 Å². The lowest BCUT2D eigenvalue weighted by Crippen LogP contribution is -2.35. The van der Waals surface area contributed by atoms with Crippen molar-refractivity contribution in [2.45, 2.75) is 43.9 Å². The van der Waals surface area contributed by atoms with Gasteiger partial charge in [0.05, 0.1) is 22.8 Å². The molecule has 0 aromatic heterocycles. The summed E-state index contributed by atoms with van der Waals surface area (Å²) in [5.74, 6) is -0.0996. The van der Waals surface area contributed by atoms with E-state index in [-0.39, 0.29) is 17.3 Å². The van der Waals surface area contributed by atoms with Gasteiger partial charge >= 0.3 is 0 Å². The first kappa shape index (κ1) is 21.5. The Bertz CT molecular complexity index is 728. The third kappa shape index (κ3) is 5.84. The van der Waals surface area contributed by atoms with Crippen LogP contribution in [-0.2, 0) is 14.8 Å². The number of piperidine rings is 1. The van der Waals surface area contributed by atoms with E-state index in [0.717, 1.165) is 37.8 Å². The smallest absolute Gasteiger partial charge is 0.243 e. The molecule has 1 aromatic carbocycles. The Hall–Kier alpha value is -1.80. The van der Waals surface area contributed by atoms with Gasteiger partial charge in [-0.1, -0.05) is 19.8 Å². The molecule has 7 nitrogen and oxygen atoms in total. The summed E-state index contributed by atoms with van der Waals surface area (Å²) in [4.78, 5) is 14.2. The predicted octanol–water partition coefficient (Wildman–Crippen LogP) is 2.26. The second-order valence-corrected chi connectivity index (χ2v) is 9.03. The summed E-state index contributed by atoms with van der Waals surface area (Å²) in [6, 6.07) is 5.07. The van der Waals surface area contributed by atoms with E-state index in [1.165, 1.54) is 0 Å². The highest BCUT2D eigenvalue weighted by atomic mass is 32.2. The third-order valence-corrected chi connectivity index (χ3v) is 6.59. The van der Waals surface area contributed by atoms with E-state index in [2.05, 4.69) is 17.6 Å². The molecule has 2 rings (SSSR count). The van der Waals surface area contributed by atoms with Crippen LogP contribution in [-0.4, -0.2) is 58.9 Å². The van der Waals surface area contributed by atoms with Crippen molar-refractivity contribution >= 4 is 27.3 Å². The van der Waals surface area contributed by atoms with Crippen LogP contribution in [0.25, 0.3) is 0 Å². The summed E-state index contributed by atoms with van der Waals surface area (Å²) in [6.45, 7) is 3.97. The molecule has 0 aliphatic carbocycles. The summed E-state index contributed by atoms with van der Waals surface area (Å²) in [6.07, 6.45) is 4.84. The van der Waals surface area contributed by atoms with Crippen LogP contribution in [0.3, 0.4) is 0 Å². The second kappa shape index (κ2) is 9.94. The molecular weight excluding hydrogens is 364 g/mol. The first-order chi connectivity index (χ1) is 12.9. The topological polar surface area (TPSA) is 81.8 Å². The van der Waals surface area contributed by atoms with Gasteiger partial charge in [0.25, 0.3) is 0 Å². The molecule has 2 N–H and O–H groups in total. The van der Waals surface area contributed by atoms with E-state index in [0.29, 0.717) is 25.3 Å². The van der Waals surface area contributed by atoms with Crippen molar-refractivity contribution < 1.29 is 13.2 Å². The van der Waals surface area contributed by atoms with E-state index >= 15 is 0 Å². The molecule has 0 radical (unpaired) electrons. The molecule has 0 spiro atoms. The maximum atomic E-state index is 12.9. The SMILES string of the molecule is CCCCNC(=O)CNc1cc(S(=O)(=O)N2CCCCC2)ccc1N(C)C. The Morgan fingerprint density at radius 1 is 1.19 bits per heavy atom. The van der Waals surface area contributed by atoms with Gasteiger partial charge in [0, 0.05) is 33.7 Å². The highest BCUT2D eigenvalue weighted by Crippen LogP contribution is 2.29. The number of sulfonamides is 1. The molecule has 0 atom stereocenters. The fraction of sp³-hybridized carbons (Fsp3) is 0.632. The maximum absolute atomic E-state index is 12.9. The zero-order chi connectivity index (χ0) is 19.9. The summed E-state index contributed by atoms with van der Waals surface area (Å²) in [5, 5.41) is 5.96. The van der Waals surface area contributed by atoms with Crippen molar-refractivity contribution in [2.75, 3.05) is 50.5 Å². The van der Waals surface area contributed by atoms with Crippen LogP contribution in [0.5, 0.6) is 0 Å². The number of rotatable bonds is 9. The van der Waals surface area contributed by atoms with Crippen LogP contribution in [0, 0.1) is 0 Å². The summed E-state index contributed by atoms with van der Waals surface area (Å²) in [5.41, 5.74) is 1.48. The largest absolute Gasteiger partial charge is 0.376 e. The van der Waals surface area contributed by atoms with Crippen LogP contribution in [0.15, 0.2) is 23.1 Å². The van der Waals surface area contributed by atoms with E-state index in [9.17, 15) is 13.2 Å². The summed E-state index contributed by atoms with van der Waals surface area (Å²) < 4.78 is 27.4. The van der Waals surface area contributed by atoms with Crippen LogP contribution in [0.4, 0.5) is 11.4 Å². The van der Waals surface area contributed by atoms with Crippen LogP contribution < -0.4 is 15.5 Å². The van der Waals surface area contributed by atoms with Crippen LogP contribution in [0.1, 0.15) is 39.0 Å². The molecule has 1 aliphatic heterocycles. The summed E-state index contributed by atoms with van der Waals surface area (Å²) in [7, 11) is 0.270. The van der Waals surface area contributed by atoms with Gasteiger partial charge in [-0.05, 0) is 37.5 Å². The number of amides is 1. The van der Waals surface area contributed by atoms with E-state index in [1.54, 1.807) is 22.5 Å². The zero-order valence-corrected chi connectivity index (χ0v) is 17.4. The molecule has 0 unspecified atom stereocenters. The normalized spacial score (nSPS) is 15.4. The molecule has 1 saturated heterocycles. The zero-order valence-electron chi connectivity index (χ0n) is 16.6. The number of unbranched alkanes of at least 4 members (excludes halogenated alkanes) is 1. The molecule has 0 saturated carbocycles. The highest BCUT2D eigenvalue weighted by Gasteiger charge is 2.26. The average Bonchev–Trinajstić information content (AvgIpc) is 2.67. The number of hydrogen-bond acceptors (Lipinski definition) is 5. The van der Waals surface area contributed by atoms with Crippen molar-refractivity contribution in [3.8, 4) is 0 Å². The molecule has 1 amide bonds. The predicted molar refractivity (Wildman–Crippen MR) is 110 cm³/mol. The quantitative estimate of drug-likeness (QED) is 0.626. The van der Waals surface area contributed by atoms with Gasteiger partial charge in [-0.25, -0.2) is 8.42 Å². The van der Waals surface area contributed by atoms with Crippen molar-refractivity contribution in [3.05, 3.63) is 18.2 Å². The van der Waals surface area contributed by atoms with Crippen molar-refractivity contribution in [1.82, 2.24) is 9.62 Å². The van der Waals surface area contributed by atoms with Gasteiger partial charge in [0.15, 0.2) is 0 Å². The highest BCUT2D eigenvalue weighted by molar-refractivity contribution is 7.89. The van der Waals surface area contributed by atoms with Gasteiger partial charge in [-0.3, -0.25) is 4.79 Å². The van der Waals surface area contributed by atoms with E-state index in [1.807, 2.05) is 19.0 Å². The number of hydrogen-bond donors (Lipinski definition) is 2. The molecule has 8 heteroatoms. The molecule has 0 bridgehead atoms. The molecular formula is C19H32N4O3S. The second-order valence-electron chi connectivity index (χ2n) is 7.10. The van der Waals surface area contributed by atoms with Crippen molar-refractivity contribution in [3.63, 3.8) is 0 Å². The molecule has 1 aromatic rings. The number of benzene rings is 1.